The number of aromatic nitrogens is 2. The SMILES string of the molecule is O=C(CCc1nc2ccccc2c(=O)n1C1CC1)NC[C@H](c1ccc(F)cc1)N1CCOCC1. The maximum atomic E-state index is 13.5. The molecule has 0 spiro atoms. The topological polar surface area (TPSA) is 76.5 Å². The number of nitrogens with zero attached hydrogens (tertiary/aromatic N) is 3. The lowest BCUT2D eigenvalue weighted by molar-refractivity contribution is -0.121. The first-order chi connectivity index (χ1) is 16.6. The summed E-state index contributed by atoms with van der Waals surface area (Å²) in [5.41, 5.74) is 1.61. The number of benzene rings is 2. The van der Waals surface area contributed by atoms with E-state index in [4.69, 9.17) is 9.72 Å². The predicted octanol–water partition coefficient (Wildman–Crippen LogP) is 2.99. The molecule has 1 aliphatic heterocycles. The molecule has 2 heterocycles. The second kappa shape index (κ2) is 10.0. The molecule has 2 fully saturated rings. The summed E-state index contributed by atoms with van der Waals surface area (Å²) >= 11 is 0. The van der Waals surface area contributed by atoms with E-state index in [1.54, 1.807) is 22.8 Å². The normalized spacial score (nSPS) is 17.6. The number of carbonyl (C=O) groups is 1. The van der Waals surface area contributed by atoms with E-state index in [2.05, 4.69) is 10.2 Å². The number of ether oxygens (including phenoxy) is 1. The van der Waals surface area contributed by atoms with E-state index in [-0.39, 0.29) is 35.8 Å². The van der Waals surface area contributed by atoms with Crippen molar-refractivity contribution < 1.29 is 13.9 Å². The van der Waals surface area contributed by atoms with Gasteiger partial charge >= 0.3 is 0 Å². The lowest BCUT2D eigenvalue weighted by atomic mass is 10.0. The van der Waals surface area contributed by atoms with Crippen molar-refractivity contribution in [2.75, 3.05) is 32.8 Å². The van der Waals surface area contributed by atoms with E-state index < -0.39 is 0 Å². The van der Waals surface area contributed by atoms with Gasteiger partial charge < -0.3 is 10.1 Å². The van der Waals surface area contributed by atoms with Crippen LogP contribution in [0.1, 0.15) is 42.7 Å². The van der Waals surface area contributed by atoms with Gasteiger partial charge in [0.05, 0.1) is 30.2 Å². The number of morpholine rings is 1. The number of amides is 1. The van der Waals surface area contributed by atoms with Crippen molar-refractivity contribution >= 4 is 16.8 Å². The van der Waals surface area contributed by atoms with Gasteiger partial charge in [-0.25, -0.2) is 9.37 Å². The second-order valence-corrected chi connectivity index (χ2v) is 8.97. The van der Waals surface area contributed by atoms with E-state index >= 15 is 0 Å². The minimum atomic E-state index is -0.280. The van der Waals surface area contributed by atoms with Gasteiger partial charge in [0.1, 0.15) is 11.6 Å². The summed E-state index contributed by atoms with van der Waals surface area (Å²) in [5.74, 6) is 0.299. The Hall–Kier alpha value is -3.10. The molecule has 2 aliphatic rings. The molecule has 2 aromatic carbocycles. The predicted molar refractivity (Wildman–Crippen MR) is 127 cm³/mol. The van der Waals surface area contributed by atoms with Crippen molar-refractivity contribution in [1.82, 2.24) is 19.8 Å². The van der Waals surface area contributed by atoms with Crippen molar-refractivity contribution in [2.45, 2.75) is 37.8 Å². The standard InChI is InChI=1S/C26H29FN4O3/c27-19-7-5-18(6-8-19)23(30-13-15-34-16-14-30)17-28-25(32)12-11-24-29-22-4-2-1-3-21(22)26(33)31(24)20-9-10-20/h1-8,20,23H,9-17H2,(H,28,32)/t23-/m1/s1. The third-order valence-electron chi connectivity index (χ3n) is 6.60. The fourth-order valence-electron chi connectivity index (χ4n) is 4.63. The molecule has 1 saturated heterocycles. The average Bonchev–Trinajstić information content (AvgIpc) is 3.70. The minimum Gasteiger partial charge on any atom is -0.379 e. The third kappa shape index (κ3) is 5.03. The maximum absolute atomic E-state index is 13.5. The first-order valence-corrected chi connectivity index (χ1v) is 11.9. The van der Waals surface area contributed by atoms with E-state index in [0.29, 0.717) is 42.9 Å². The first-order valence-electron chi connectivity index (χ1n) is 11.9. The molecule has 8 heteroatoms. The summed E-state index contributed by atoms with van der Waals surface area (Å²) in [6.45, 7) is 3.21. The lowest BCUT2D eigenvalue weighted by Gasteiger charge is -2.35. The number of aryl methyl sites for hydroxylation is 1. The van der Waals surface area contributed by atoms with Gasteiger partial charge in [0.15, 0.2) is 0 Å². The van der Waals surface area contributed by atoms with Crippen LogP contribution < -0.4 is 10.9 Å². The summed E-state index contributed by atoms with van der Waals surface area (Å²) in [7, 11) is 0. The Morgan fingerprint density at radius 2 is 1.85 bits per heavy atom. The van der Waals surface area contributed by atoms with Gasteiger partial charge in [0.2, 0.25) is 5.91 Å². The molecule has 0 radical (unpaired) electrons. The van der Waals surface area contributed by atoms with Crippen molar-refractivity contribution in [3.63, 3.8) is 0 Å². The number of hydrogen-bond acceptors (Lipinski definition) is 5. The van der Waals surface area contributed by atoms with Crippen LogP contribution in [0.25, 0.3) is 10.9 Å². The Morgan fingerprint density at radius 3 is 2.59 bits per heavy atom. The highest BCUT2D eigenvalue weighted by Crippen LogP contribution is 2.35. The Balaban J connectivity index is 1.27. The molecular weight excluding hydrogens is 435 g/mol. The van der Waals surface area contributed by atoms with Gasteiger partial charge in [0.25, 0.3) is 5.56 Å². The summed E-state index contributed by atoms with van der Waals surface area (Å²) in [4.78, 5) is 32.8. The van der Waals surface area contributed by atoms with E-state index in [1.807, 2.05) is 18.2 Å². The number of carbonyl (C=O) groups excluding carboxylic acids is 1. The van der Waals surface area contributed by atoms with E-state index in [0.717, 1.165) is 31.5 Å². The number of hydrogen-bond donors (Lipinski definition) is 1. The fraction of sp³-hybridized carbons (Fsp3) is 0.423. The van der Waals surface area contributed by atoms with Gasteiger partial charge in [-0.3, -0.25) is 19.1 Å². The van der Waals surface area contributed by atoms with Crippen molar-refractivity contribution in [3.8, 4) is 0 Å². The van der Waals surface area contributed by atoms with Gasteiger partial charge in [-0.2, -0.15) is 0 Å². The quantitative estimate of drug-likeness (QED) is 0.555. The fourth-order valence-corrected chi connectivity index (χ4v) is 4.63. The second-order valence-electron chi connectivity index (χ2n) is 8.97. The van der Waals surface area contributed by atoms with Crippen LogP contribution in [0.4, 0.5) is 4.39 Å². The minimum absolute atomic E-state index is 0.0211. The molecule has 7 nitrogen and oxygen atoms in total. The highest BCUT2D eigenvalue weighted by atomic mass is 19.1. The summed E-state index contributed by atoms with van der Waals surface area (Å²) < 4.78 is 20.7. The first kappa shape index (κ1) is 22.7. The Morgan fingerprint density at radius 1 is 1.12 bits per heavy atom. The molecule has 1 aliphatic carbocycles. The zero-order valence-corrected chi connectivity index (χ0v) is 19.1. The van der Waals surface area contributed by atoms with Crippen LogP contribution in [-0.4, -0.2) is 53.2 Å². The molecule has 5 rings (SSSR count). The summed E-state index contributed by atoms with van der Waals surface area (Å²) in [6, 6.07) is 13.9. The summed E-state index contributed by atoms with van der Waals surface area (Å²) in [5, 5.41) is 3.67. The van der Waals surface area contributed by atoms with E-state index in [9.17, 15) is 14.0 Å². The molecule has 1 atom stereocenters. The number of rotatable bonds is 8. The molecule has 0 bridgehead atoms. The van der Waals surface area contributed by atoms with Crippen LogP contribution in [0.2, 0.25) is 0 Å². The Bertz CT molecular complexity index is 1220. The highest BCUT2D eigenvalue weighted by Gasteiger charge is 2.28. The van der Waals surface area contributed by atoms with Crippen LogP contribution in [0, 0.1) is 5.82 Å². The zero-order valence-electron chi connectivity index (χ0n) is 19.1. The van der Waals surface area contributed by atoms with Crippen molar-refractivity contribution in [3.05, 3.63) is 76.1 Å². The average molecular weight is 465 g/mol. The molecule has 1 N–H and O–H groups in total. The smallest absolute Gasteiger partial charge is 0.261 e. The molecule has 3 aromatic rings. The number of fused-ring (bicyclic) bond motifs is 1. The summed E-state index contributed by atoms with van der Waals surface area (Å²) in [6.07, 6.45) is 2.59. The maximum Gasteiger partial charge on any atom is 0.261 e. The van der Waals surface area contributed by atoms with E-state index in [1.165, 1.54) is 12.1 Å². The van der Waals surface area contributed by atoms with Gasteiger partial charge in [-0.05, 0) is 42.7 Å². The Kier molecular flexibility index (Phi) is 6.69. The molecule has 34 heavy (non-hydrogen) atoms. The van der Waals surface area contributed by atoms with Gasteiger partial charge in [0, 0.05) is 38.5 Å². The van der Waals surface area contributed by atoms with Crippen LogP contribution in [0.5, 0.6) is 0 Å². The van der Waals surface area contributed by atoms with Gasteiger partial charge in [-0.1, -0.05) is 24.3 Å². The van der Waals surface area contributed by atoms with Crippen LogP contribution in [0.15, 0.2) is 53.3 Å². The van der Waals surface area contributed by atoms with Crippen molar-refractivity contribution in [1.29, 1.82) is 0 Å². The van der Waals surface area contributed by atoms with Crippen molar-refractivity contribution in [2.24, 2.45) is 0 Å². The molecule has 1 amide bonds. The zero-order chi connectivity index (χ0) is 23.5. The van der Waals surface area contributed by atoms with Gasteiger partial charge in [-0.15, -0.1) is 0 Å². The molecule has 1 aromatic heterocycles. The molecule has 1 saturated carbocycles. The van der Waals surface area contributed by atoms with Crippen LogP contribution >= 0.6 is 0 Å². The number of halogens is 1. The lowest BCUT2D eigenvalue weighted by Crippen LogP contribution is -2.43. The largest absolute Gasteiger partial charge is 0.379 e. The molecular formula is C26H29FN4O3. The molecule has 178 valence electrons. The highest BCUT2D eigenvalue weighted by molar-refractivity contribution is 5.78. The number of para-hydroxylation sites is 1. The monoisotopic (exact) mass is 464 g/mol. The Labute approximate surface area is 197 Å². The van der Waals surface area contributed by atoms with Crippen LogP contribution in [0.3, 0.4) is 0 Å². The molecule has 0 unspecified atom stereocenters. The van der Waals surface area contributed by atoms with Crippen LogP contribution in [-0.2, 0) is 16.0 Å². The third-order valence-corrected chi connectivity index (χ3v) is 6.60. The number of nitrogens with one attached hydrogen (secondary N) is 1.